The number of nitrogens with one attached hydrogen (secondary N) is 4. The Hall–Kier alpha value is -1.86. The molecule has 130 valence electrons. The maximum Gasteiger partial charge on any atom is 0.0890 e. The first kappa shape index (κ1) is 18.5. The lowest BCUT2D eigenvalue weighted by molar-refractivity contribution is 0.641. The molecule has 6 nitrogen and oxygen atoms in total. The van der Waals surface area contributed by atoms with Crippen LogP contribution in [0.15, 0.2) is 36.4 Å². The van der Waals surface area contributed by atoms with E-state index in [2.05, 4.69) is 21.3 Å². The maximum atomic E-state index is 4.72. The average Bonchev–Trinajstić information content (AvgIpc) is 2.63. The molecule has 0 unspecified atom stereocenters. The minimum atomic E-state index is 0.765. The van der Waals surface area contributed by atoms with Gasteiger partial charge in [0.1, 0.15) is 0 Å². The predicted molar refractivity (Wildman–Crippen MR) is 98.7 cm³/mol. The third kappa shape index (κ3) is 6.33. The van der Waals surface area contributed by atoms with Crippen molar-refractivity contribution in [3.63, 3.8) is 0 Å². The van der Waals surface area contributed by atoms with Crippen molar-refractivity contribution in [1.29, 1.82) is 0 Å². The van der Waals surface area contributed by atoms with Gasteiger partial charge in [-0.2, -0.15) is 0 Å². The maximum absolute atomic E-state index is 4.72. The summed E-state index contributed by atoms with van der Waals surface area (Å²) in [5.74, 6) is 0. The molecule has 2 aromatic heterocycles. The zero-order valence-corrected chi connectivity index (χ0v) is 14.6. The Bertz CT molecular complexity index is 548. The third-order valence-electron chi connectivity index (χ3n) is 3.59. The highest BCUT2D eigenvalue weighted by Gasteiger charge is 2.04. The van der Waals surface area contributed by atoms with Gasteiger partial charge in [-0.1, -0.05) is 12.1 Å². The fraction of sp³-hybridized carbons (Fsp3) is 0.444. The fourth-order valence-electron chi connectivity index (χ4n) is 2.30. The number of hydrogen-bond donors (Lipinski definition) is 4. The van der Waals surface area contributed by atoms with Crippen molar-refractivity contribution in [2.24, 2.45) is 0 Å². The van der Waals surface area contributed by atoms with Crippen molar-refractivity contribution < 1.29 is 0 Å². The lowest BCUT2D eigenvalue weighted by Gasteiger charge is -2.08. The van der Waals surface area contributed by atoms with E-state index in [0.29, 0.717) is 0 Å². The average molecular weight is 328 g/mol. The number of hydrogen-bond acceptors (Lipinski definition) is 6. The minimum absolute atomic E-state index is 0.765. The van der Waals surface area contributed by atoms with E-state index in [-0.39, 0.29) is 0 Å². The van der Waals surface area contributed by atoms with Gasteiger partial charge in [0.2, 0.25) is 0 Å². The lowest BCUT2D eigenvalue weighted by atomic mass is 10.2. The number of rotatable bonds is 11. The molecular formula is C18H28N6. The van der Waals surface area contributed by atoms with Crippen LogP contribution in [0.5, 0.6) is 0 Å². The van der Waals surface area contributed by atoms with Gasteiger partial charge in [0.05, 0.1) is 22.8 Å². The molecule has 0 aliphatic heterocycles. The van der Waals surface area contributed by atoms with Crippen molar-refractivity contribution in [3.8, 4) is 11.4 Å². The van der Waals surface area contributed by atoms with Crippen LogP contribution in [0.3, 0.4) is 0 Å². The number of likely N-dealkylation sites (N-methyl/N-ethyl adjacent to an activating group) is 2. The van der Waals surface area contributed by atoms with Gasteiger partial charge in [-0.25, -0.2) is 9.97 Å². The van der Waals surface area contributed by atoms with Gasteiger partial charge < -0.3 is 21.3 Å². The molecular weight excluding hydrogens is 300 g/mol. The van der Waals surface area contributed by atoms with Crippen molar-refractivity contribution in [2.45, 2.75) is 13.1 Å². The van der Waals surface area contributed by atoms with Gasteiger partial charge in [0.25, 0.3) is 0 Å². The molecule has 0 bridgehead atoms. The molecule has 0 atom stereocenters. The Morgan fingerprint density at radius 2 is 1.12 bits per heavy atom. The molecule has 0 saturated carbocycles. The molecule has 0 saturated heterocycles. The van der Waals surface area contributed by atoms with Crippen LogP contribution in [0, 0.1) is 0 Å². The SMILES string of the molecule is CNCCNCc1cccc(-c2cccc(CNCCNC)n2)n1. The summed E-state index contributed by atoms with van der Waals surface area (Å²) in [4.78, 5) is 9.43. The van der Waals surface area contributed by atoms with Gasteiger partial charge in [-0.3, -0.25) is 0 Å². The second-order valence-corrected chi connectivity index (χ2v) is 5.59. The first-order valence-corrected chi connectivity index (χ1v) is 8.46. The summed E-state index contributed by atoms with van der Waals surface area (Å²) in [6.07, 6.45) is 0. The van der Waals surface area contributed by atoms with Crippen LogP contribution < -0.4 is 21.3 Å². The van der Waals surface area contributed by atoms with Crippen LogP contribution in [-0.2, 0) is 13.1 Å². The van der Waals surface area contributed by atoms with Crippen LogP contribution >= 0.6 is 0 Å². The quantitative estimate of drug-likeness (QED) is 0.457. The Kier molecular flexibility index (Phi) is 8.34. The van der Waals surface area contributed by atoms with Gasteiger partial charge >= 0.3 is 0 Å². The number of pyridine rings is 2. The van der Waals surface area contributed by atoms with E-state index >= 15 is 0 Å². The van der Waals surface area contributed by atoms with Crippen LogP contribution in [-0.4, -0.2) is 50.2 Å². The third-order valence-corrected chi connectivity index (χ3v) is 3.59. The fourth-order valence-corrected chi connectivity index (χ4v) is 2.30. The molecule has 2 aromatic rings. The van der Waals surface area contributed by atoms with E-state index < -0.39 is 0 Å². The van der Waals surface area contributed by atoms with Crippen molar-refractivity contribution >= 4 is 0 Å². The van der Waals surface area contributed by atoms with Crippen molar-refractivity contribution in [1.82, 2.24) is 31.2 Å². The summed E-state index contributed by atoms with van der Waals surface area (Å²) in [7, 11) is 3.90. The van der Waals surface area contributed by atoms with Crippen molar-refractivity contribution in [3.05, 3.63) is 47.8 Å². The molecule has 2 heterocycles. The summed E-state index contributed by atoms with van der Waals surface area (Å²) in [6, 6.07) is 12.2. The zero-order valence-electron chi connectivity index (χ0n) is 14.6. The summed E-state index contributed by atoms with van der Waals surface area (Å²) in [6.45, 7) is 5.28. The molecule has 0 aromatic carbocycles. The standard InChI is InChI=1S/C18H28N6/c1-19-9-11-21-13-15-5-3-7-17(23-15)18-8-4-6-16(24-18)14-22-12-10-20-2/h3-8,19-22H,9-14H2,1-2H3. The zero-order chi connectivity index (χ0) is 17.0. The highest BCUT2D eigenvalue weighted by Crippen LogP contribution is 2.15. The molecule has 0 spiro atoms. The van der Waals surface area contributed by atoms with Crippen LogP contribution in [0.4, 0.5) is 0 Å². The molecule has 0 aliphatic rings. The molecule has 6 heteroatoms. The number of aromatic nitrogens is 2. The molecule has 0 amide bonds. The largest absolute Gasteiger partial charge is 0.318 e. The van der Waals surface area contributed by atoms with Crippen LogP contribution in [0.25, 0.3) is 11.4 Å². The van der Waals surface area contributed by atoms with E-state index in [4.69, 9.17) is 9.97 Å². The van der Waals surface area contributed by atoms with E-state index in [9.17, 15) is 0 Å². The highest BCUT2D eigenvalue weighted by atomic mass is 14.9. The lowest BCUT2D eigenvalue weighted by Crippen LogP contribution is -2.25. The summed E-state index contributed by atoms with van der Waals surface area (Å²) in [5, 5.41) is 13.0. The highest BCUT2D eigenvalue weighted by molar-refractivity contribution is 5.54. The molecule has 0 aliphatic carbocycles. The number of nitrogens with zero attached hydrogens (tertiary/aromatic N) is 2. The topological polar surface area (TPSA) is 73.9 Å². The van der Waals surface area contributed by atoms with Gasteiger partial charge in [0, 0.05) is 39.3 Å². The van der Waals surface area contributed by atoms with Crippen LogP contribution in [0.2, 0.25) is 0 Å². The Labute approximate surface area is 144 Å². The molecule has 0 radical (unpaired) electrons. The van der Waals surface area contributed by atoms with E-state index in [1.165, 1.54) is 0 Å². The van der Waals surface area contributed by atoms with Gasteiger partial charge in [-0.05, 0) is 38.4 Å². The second kappa shape index (κ2) is 10.8. The van der Waals surface area contributed by atoms with Crippen molar-refractivity contribution in [2.75, 3.05) is 40.3 Å². The monoisotopic (exact) mass is 328 g/mol. The van der Waals surface area contributed by atoms with Crippen LogP contribution in [0.1, 0.15) is 11.4 Å². The second-order valence-electron chi connectivity index (χ2n) is 5.59. The van der Waals surface area contributed by atoms with E-state index in [1.807, 2.05) is 50.5 Å². The minimum Gasteiger partial charge on any atom is -0.318 e. The first-order valence-electron chi connectivity index (χ1n) is 8.46. The summed E-state index contributed by atoms with van der Waals surface area (Å²) in [5.41, 5.74) is 3.89. The Morgan fingerprint density at radius 1 is 0.667 bits per heavy atom. The summed E-state index contributed by atoms with van der Waals surface area (Å²) < 4.78 is 0. The van der Waals surface area contributed by atoms with Gasteiger partial charge in [0.15, 0.2) is 0 Å². The van der Waals surface area contributed by atoms with Gasteiger partial charge in [-0.15, -0.1) is 0 Å². The molecule has 24 heavy (non-hydrogen) atoms. The first-order chi connectivity index (χ1) is 11.8. The normalized spacial score (nSPS) is 10.9. The Morgan fingerprint density at radius 3 is 1.54 bits per heavy atom. The molecule has 0 fully saturated rings. The summed E-state index contributed by atoms with van der Waals surface area (Å²) >= 11 is 0. The predicted octanol–water partition coefficient (Wildman–Crippen LogP) is 0.762. The smallest absolute Gasteiger partial charge is 0.0890 e. The van der Waals surface area contributed by atoms with E-state index in [1.54, 1.807) is 0 Å². The Balaban J connectivity index is 1.97. The molecule has 4 N–H and O–H groups in total. The molecule has 2 rings (SSSR count). The van der Waals surface area contributed by atoms with E-state index in [0.717, 1.165) is 62.0 Å².